The van der Waals surface area contributed by atoms with E-state index >= 15 is 0 Å². The molecule has 2 atom stereocenters. The predicted molar refractivity (Wildman–Crippen MR) is 62.2 cm³/mol. The monoisotopic (exact) mass is 219 g/mol. The third kappa shape index (κ3) is 2.09. The number of carboxylic acid groups (broad SMARTS) is 1. The van der Waals surface area contributed by atoms with Gasteiger partial charge in [-0.1, -0.05) is 30.3 Å². The zero-order chi connectivity index (χ0) is 11.5. The largest absolute Gasteiger partial charge is 0.480 e. The summed E-state index contributed by atoms with van der Waals surface area (Å²) < 4.78 is 0. The summed E-state index contributed by atoms with van der Waals surface area (Å²) in [6.45, 7) is 2.65. The van der Waals surface area contributed by atoms with Crippen LogP contribution in [0.25, 0.3) is 0 Å². The predicted octanol–water partition coefficient (Wildman–Crippen LogP) is 2.30. The fraction of sp³-hybridized carbons (Fsp3) is 0.462. The van der Waals surface area contributed by atoms with Gasteiger partial charge in [-0.15, -0.1) is 0 Å². The van der Waals surface area contributed by atoms with Crippen molar-refractivity contribution < 1.29 is 9.90 Å². The van der Waals surface area contributed by atoms with Crippen LogP contribution < -0.4 is 0 Å². The molecule has 0 saturated carbocycles. The quantitative estimate of drug-likeness (QED) is 0.848. The first-order valence-corrected chi connectivity index (χ1v) is 5.73. The van der Waals surface area contributed by atoms with Gasteiger partial charge in [-0.3, -0.25) is 9.69 Å². The zero-order valence-corrected chi connectivity index (χ0v) is 9.47. The van der Waals surface area contributed by atoms with Gasteiger partial charge in [0.2, 0.25) is 0 Å². The van der Waals surface area contributed by atoms with Gasteiger partial charge in [0.1, 0.15) is 6.04 Å². The normalized spacial score (nSPS) is 23.2. The molecule has 2 rings (SSSR count). The van der Waals surface area contributed by atoms with Crippen LogP contribution in [0.1, 0.15) is 31.4 Å². The van der Waals surface area contributed by atoms with Crippen molar-refractivity contribution in [1.82, 2.24) is 4.90 Å². The van der Waals surface area contributed by atoms with Crippen LogP contribution in [0.15, 0.2) is 30.3 Å². The summed E-state index contributed by atoms with van der Waals surface area (Å²) >= 11 is 0. The van der Waals surface area contributed by atoms with Crippen molar-refractivity contribution >= 4 is 5.97 Å². The molecule has 2 unspecified atom stereocenters. The molecule has 0 aromatic heterocycles. The second kappa shape index (κ2) is 4.66. The van der Waals surface area contributed by atoms with Gasteiger partial charge in [-0.2, -0.15) is 0 Å². The number of hydrogen-bond acceptors (Lipinski definition) is 2. The van der Waals surface area contributed by atoms with Crippen LogP contribution in [0.3, 0.4) is 0 Å². The Labute approximate surface area is 95.7 Å². The Morgan fingerprint density at radius 3 is 2.75 bits per heavy atom. The number of rotatable bonds is 3. The van der Waals surface area contributed by atoms with E-state index in [1.807, 2.05) is 18.2 Å². The van der Waals surface area contributed by atoms with Crippen molar-refractivity contribution in [1.29, 1.82) is 0 Å². The van der Waals surface area contributed by atoms with Crippen LogP contribution in [0, 0.1) is 0 Å². The van der Waals surface area contributed by atoms with Gasteiger partial charge in [0.05, 0.1) is 0 Å². The Morgan fingerprint density at radius 1 is 1.44 bits per heavy atom. The number of nitrogens with zero attached hydrogens (tertiary/aromatic N) is 1. The van der Waals surface area contributed by atoms with E-state index < -0.39 is 12.0 Å². The van der Waals surface area contributed by atoms with Crippen LogP contribution >= 0.6 is 0 Å². The number of likely N-dealkylation sites (tertiary alicyclic amines) is 1. The minimum atomic E-state index is -0.733. The van der Waals surface area contributed by atoms with Gasteiger partial charge in [-0.05, 0) is 31.9 Å². The van der Waals surface area contributed by atoms with Gasteiger partial charge in [-0.25, -0.2) is 0 Å². The van der Waals surface area contributed by atoms with Crippen molar-refractivity contribution in [2.45, 2.75) is 31.8 Å². The molecular formula is C13H17NO2. The van der Waals surface area contributed by atoms with Crippen LogP contribution in [0.2, 0.25) is 0 Å². The highest BCUT2D eigenvalue weighted by Gasteiger charge is 2.32. The Hall–Kier alpha value is -1.35. The molecule has 0 aliphatic carbocycles. The summed E-state index contributed by atoms with van der Waals surface area (Å²) in [5.74, 6) is -0.733. The van der Waals surface area contributed by atoms with E-state index in [2.05, 4.69) is 17.0 Å². The summed E-state index contributed by atoms with van der Waals surface area (Å²) in [7, 11) is 0. The summed E-state index contributed by atoms with van der Waals surface area (Å²) in [4.78, 5) is 13.1. The first-order chi connectivity index (χ1) is 7.70. The third-order valence-corrected chi connectivity index (χ3v) is 3.33. The smallest absolute Gasteiger partial charge is 0.320 e. The maximum absolute atomic E-state index is 11.0. The molecule has 0 bridgehead atoms. The van der Waals surface area contributed by atoms with Crippen LogP contribution in [0.5, 0.6) is 0 Å². The molecule has 0 spiro atoms. The maximum Gasteiger partial charge on any atom is 0.320 e. The van der Waals surface area contributed by atoms with E-state index in [9.17, 15) is 4.79 Å². The van der Waals surface area contributed by atoms with Crippen LogP contribution in [0.4, 0.5) is 0 Å². The molecule has 1 aliphatic rings. The average molecular weight is 219 g/mol. The third-order valence-electron chi connectivity index (χ3n) is 3.33. The van der Waals surface area contributed by atoms with E-state index in [4.69, 9.17) is 5.11 Å². The SMILES string of the molecule is CC(C(=O)O)N1CCCC1c1ccccc1. The Balaban J connectivity index is 2.18. The standard InChI is InChI=1S/C13H17NO2/c1-10(13(15)16)14-9-5-8-12(14)11-6-3-2-4-7-11/h2-4,6-7,10,12H,5,8-9H2,1H3,(H,15,16). The molecule has 1 N–H and O–H groups in total. The van der Waals surface area contributed by atoms with E-state index in [1.54, 1.807) is 6.92 Å². The van der Waals surface area contributed by atoms with Crippen molar-refractivity contribution in [2.24, 2.45) is 0 Å². The molecule has 0 radical (unpaired) electrons. The molecule has 16 heavy (non-hydrogen) atoms. The highest BCUT2D eigenvalue weighted by molar-refractivity contribution is 5.73. The van der Waals surface area contributed by atoms with Crippen LogP contribution in [-0.4, -0.2) is 28.6 Å². The lowest BCUT2D eigenvalue weighted by Crippen LogP contribution is -2.38. The van der Waals surface area contributed by atoms with Crippen molar-refractivity contribution in [3.8, 4) is 0 Å². The molecule has 1 saturated heterocycles. The molecule has 1 aromatic carbocycles. The number of aliphatic carboxylic acids is 1. The lowest BCUT2D eigenvalue weighted by Gasteiger charge is -2.28. The number of hydrogen-bond donors (Lipinski definition) is 1. The average Bonchev–Trinajstić information content (AvgIpc) is 2.77. The number of benzene rings is 1. The topological polar surface area (TPSA) is 40.5 Å². The minimum Gasteiger partial charge on any atom is -0.480 e. The second-order valence-corrected chi connectivity index (χ2v) is 4.32. The molecule has 3 nitrogen and oxygen atoms in total. The Bertz CT molecular complexity index is 363. The number of carbonyl (C=O) groups is 1. The fourth-order valence-corrected chi connectivity index (χ4v) is 2.43. The minimum absolute atomic E-state index is 0.271. The molecule has 1 aliphatic heterocycles. The van der Waals surface area contributed by atoms with Gasteiger partial charge >= 0.3 is 5.97 Å². The maximum atomic E-state index is 11.0. The molecule has 0 amide bonds. The summed E-state index contributed by atoms with van der Waals surface area (Å²) in [5.41, 5.74) is 1.23. The molecule has 1 heterocycles. The number of carboxylic acids is 1. The van der Waals surface area contributed by atoms with E-state index in [0.717, 1.165) is 19.4 Å². The zero-order valence-electron chi connectivity index (χ0n) is 9.47. The molecular weight excluding hydrogens is 202 g/mol. The summed E-state index contributed by atoms with van der Waals surface area (Å²) in [6.07, 6.45) is 2.14. The van der Waals surface area contributed by atoms with Gasteiger partial charge < -0.3 is 5.11 Å². The molecule has 1 fully saturated rings. The second-order valence-electron chi connectivity index (χ2n) is 4.32. The molecule has 86 valence electrons. The van der Waals surface area contributed by atoms with E-state index in [1.165, 1.54) is 5.56 Å². The van der Waals surface area contributed by atoms with Crippen LogP contribution in [-0.2, 0) is 4.79 Å². The summed E-state index contributed by atoms with van der Waals surface area (Å²) in [6, 6.07) is 10.0. The lowest BCUT2D eigenvalue weighted by atomic mass is 10.0. The fourth-order valence-electron chi connectivity index (χ4n) is 2.43. The summed E-state index contributed by atoms with van der Waals surface area (Å²) in [5, 5.41) is 9.07. The highest BCUT2D eigenvalue weighted by Crippen LogP contribution is 2.33. The first kappa shape index (κ1) is 11.1. The first-order valence-electron chi connectivity index (χ1n) is 5.73. The van der Waals surface area contributed by atoms with Crippen molar-refractivity contribution in [3.63, 3.8) is 0 Å². The highest BCUT2D eigenvalue weighted by atomic mass is 16.4. The van der Waals surface area contributed by atoms with E-state index in [0.29, 0.717) is 0 Å². The molecule has 3 heteroatoms. The van der Waals surface area contributed by atoms with Gasteiger partial charge in [0, 0.05) is 6.04 Å². The lowest BCUT2D eigenvalue weighted by molar-refractivity contribution is -0.143. The molecule has 1 aromatic rings. The van der Waals surface area contributed by atoms with Crippen molar-refractivity contribution in [2.75, 3.05) is 6.54 Å². The van der Waals surface area contributed by atoms with Gasteiger partial charge in [0.15, 0.2) is 0 Å². The Kier molecular flexibility index (Phi) is 3.25. The Morgan fingerprint density at radius 2 is 2.12 bits per heavy atom. The van der Waals surface area contributed by atoms with Crippen molar-refractivity contribution in [3.05, 3.63) is 35.9 Å². The van der Waals surface area contributed by atoms with E-state index in [-0.39, 0.29) is 6.04 Å². The van der Waals surface area contributed by atoms with Gasteiger partial charge in [0.25, 0.3) is 0 Å².